The number of rotatable bonds is 7. The Bertz CT molecular complexity index is 438. The molecule has 110 valence electrons. The van der Waals surface area contributed by atoms with Gasteiger partial charge in [-0.15, -0.1) is 11.6 Å². The fraction of sp³-hybridized carbons (Fsp3) is 0.375. The highest BCUT2D eigenvalue weighted by atomic mass is 35.5. The van der Waals surface area contributed by atoms with Crippen molar-refractivity contribution in [1.82, 2.24) is 0 Å². The van der Waals surface area contributed by atoms with E-state index in [1.165, 1.54) is 17.4 Å². The lowest BCUT2D eigenvalue weighted by Gasteiger charge is -2.15. The number of alkyl halides is 1. The van der Waals surface area contributed by atoms with Crippen LogP contribution in [0.5, 0.6) is 0 Å². The molecule has 0 heterocycles. The molecule has 4 heteroatoms. The van der Waals surface area contributed by atoms with Crippen molar-refractivity contribution >= 4 is 11.6 Å². The van der Waals surface area contributed by atoms with E-state index in [0.29, 0.717) is 5.88 Å². The van der Waals surface area contributed by atoms with Gasteiger partial charge in [-0.2, -0.15) is 0 Å². The van der Waals surface area contributed by atoms with Gasteiger partial charge < -0.3 is 9.47 Å². The minimum absolute atomic E-state index is 0.264. The van der Waals surface area contributed by atoms with Crippen molar-refractivity contribution in [2.24, 2.45) is 0 Å². The van der Waals surface area contributed by atoms with Gasteiger partial charge in [0.15, 0.2) is 0 Å². The molecule has 2 nitrogen and oxygen atoms in total. The Morgan fingerprint density at radius 2 is 2.20 bits per heavy atom. The summed E-state index contributed by atoms with van der Waals surface area (Å²) in [4.78, 5) is 0. The van der Waals surface area contributed by atoms with Gasteiger partial charge in [0, 0.05) is 18.9 Å². The van der Waals surface area contributed by atoms with Crippen molar-refractivity contribution in [2.75, 3.05) is 12.5 Å². The van der Waals surface area contributed by atoms with Gasteiger partial charge in [0.1, 0.15) is 11.6 Å². The molecule has 0 aromatic heterocycles. The minimum atomic E-state index is -0.481. The van der Waals surface area contributed by atoms with Gasteiger partial charge in [-0.05, 0) is 36.1 Å². The zero-order valence-corrected chi connectivity index (χ0v) is 12.3. The SMILES string of the molecule is C=CC(=C)F.C=COC1=C2CC(=C1)C(OCCCCl)C2. The molecule has 0 N–H and O–H groups in total. The second-order valence-corrected chi connectivity index (χ2v) is 4.78. The van der Waals surface area contributed by atoms with E-state index < -0.39 is 5.83 Å². The molecule has 0 amide bonds. The lowest BCUT2D eigenvalue weighted by atomic mass is 10.1. The highest BCUT2D eigenvalue weighted by Crippen LogP contribution is 2.41. The van der Waals surface area contributed by atoms with Gasteiger partial charge in [-0.3, -0.25) is 0 Å². The smallest absolute Gasteiger partial charge is 0.126 e. The average molecular weight is 299 g/mol. The normalized spacial score (nSPS) is 19.1. The molecular weight excluding hydrogens is 279 g/mol. The van der Waals surface area contributed by atoms with Crippen LogP contribution in [0.4, 0.5) is 4.39 Å². The molecule has 2 rings (SSSR count). The number of allylic oxidation sites excluding steroid dienone is 3. The summed E-state index contributed by atoms with van der Waals surface area (Å²) in [5.41, 5.74) is 2.66. The van der Waals surface area contributed by atoms with Crippen molar-refractivity contribution in [3.8, 4) is 0 Å². The molecule has 2 aliphatic carbocycles. The van der Waals surface area contributed by atoms with E-state index in [2.05, 4.69) is 25.8 Å². The third-order valence-electron chi connectivity index (χ3n) is 2.96. The Kier molecular flexibility index (Phi) is 7.34. The van der Waals surface area contributed by atoms with E-state index in [1.54, 1.807) is 0 Å². The van der Waals surface area contributed by atoms with Gasteiger partial charge in [0.25, 0.3) is 0 Å². The standard InChI is InChI=1S/C12H15ClO2.C4H5F/c1-2-14-11-7-10-6-9(11)8-12(10)15-5-3-4-13;1-3-4(2)5/h2,7,12H,1,3-6,8H2;3H,1-2H2. The van der Waals surface area contributed by atoms with E-state index >= 15 is 0 Å². The predicted octanol–water partition coefficient (Wildman–Crippen LogP) is 4.80. The van der Waals surface area contributed by atoms with Gasteiger partial charge in [0.2, 0.25) is 0 Å². The van der Waals surface area contributed by atoms with Gasteiger partial charge in [0.05, 0.1) is 12.4 Å². The Morgan fingerprint density at radius 3 is 2.65 bits per heavy atom. The van der Waals surface area contributed by atoms with Crippen molar-refractivity contribution in [3.63, 3.8) is 0 Å². The highest BCUT2D eigenvalue weighted by molar-refractivity contribution is 6.17. The molecule has 0 spiro atoms. The van der Waals surface area contributed by atoms with Crippen LogP contribution in [0.25, 0.3) is 0 Å². The van der Waals surface area contributed by atoms with Crippen LogP contribution in [-0.4, -0.2) is 18.6 Å². The molecule has 0 aromatic rings. The second-order valence-electron chi connectivity index (χ2n) is 4.41. The van der Waals surface area contributed by atoms with Crippen LogP contribution >= 0.6 is 11.6 Å². The second kappa shape index (κ2) is 8.77. The van der Waals surface area contributed by atoms with Crippen LogP contribution in [0.15, 0.2) is 60.9 Å². The number of fused-ring (bicyclic) bond motifs is 2. The molecule has 0 aliphatic heterocycles. The summed E-state index contributed by atoms with van der Waals surface area (Å²) in [6, 6.07) is 0. The maximum absolute atomic E-state index is 11.1. The largest absolute Gasteiger partial charge is 0.466 e. The number of halogens is 2. The maximum Gasteiger partial charge on any atom is 0.126 e. The zero-order valence-electron chi connectivity index (χ0n) is 11.5. The molecule has 1 unspecified atom stereocenters. The molecule has 0 saturated heterocycles. The third kappa shape index (κ3) is 4.99. The number of hydrogen-bond acceptors (Lipinski definition) is 2. The molecule has 2 bridgehead atoms. The summed E-state index contributed by atoms with van der Waals surface area (Å²) in [5, 5.41) is 0. The average Bonchev–Trinajstić information content (AvgIpc) is 3.00. The molecule has 0 aromatic carbocycles. The first kappa shape index (κ1) is 16.7. The Labute approximate surface area is 124 Å². The maximum atomic E-state index is 11.1. The lowest BCUT2D eigenvalue weighted by Crippen LogP contribution is -2.13. The molecule has 1 atom stereocenters. The van der Waals surface area contributed by atoms with Crippen LogP contribution in [-0.2, 0) is 9.47 Å². The molecule has 1 saturated carbocycles. The molecular formula is C16H20ClFO2. The van der Waals surface area contributed by atoms with Crippen molar-refractivity contribution in [1.29, 1.82) is 0 Å². The molecule has 1 fully saturated rings. The summed E-state index contributed by atoms with van der Waals surface area (Å²) in [7, 11) is 0. The molecule has 2 aliphatic rings. The molecule has 20 heavy (non-hydrogen) atoms. The Morgan fingerprint density at radius 1 is 1.50 bits per heavy atom. The van der Waals surface area contributed by atoms with Crippen molar-refractivity contribution in [3.05, 3.63) is 60.9 Å². The summed E-state index contributed by atoms with van der Waals surface area (Å²) >= 11 is 5.60. The van der Waals surface area contributed by atoms with Crippen LogP contribution in [0.3, 0.4) is 0 Å². The first-order valence-electron chi connectivity index (χ1n) is 6.46. The number of hydrogen-bond donors (Lipinski definition) is 0. The fourth-order valence-corrected chi connectivity index (χ4v) is 2.15. The number of ether oxygens (including phenoxy) is 2. The Balaban J connectivity index is 0.000000347. The van der Waals surface area contributed by atoms with E-state index in [0.717, 1.165) is 37.7 Å². The fourth-order valence-electron chi connectivity index (χ4n) is 2.04. The van der Waals surface area contributed by atoms with E-state index in [1.807, 2.05) is 0 Å². The summed E-state index contributed by atoms with van der Waals surface area (Å²) in [6.07, 6.45) is 7.77. The van der Waals surface area contributed by atoms with Crippen LogP contribution in [0.2, 0.25) is 0 Å². The summed E-state index contributed by atoms with van der Waals surface area (Å²) in [6.45, 7) is 10.3. The zero-order chi connectivity index (χ0) is 15.0. The Hall–Kier alpha value is -1.32. The summed E-state index contributed by atoms with van der Waals surface area (Å²) in [5.74, 6) is 1.15. The quantitative estimate of drug-likeness (QED) is 0.291. The van der Waals surface area contributed by atoms with Gasteiger partial charge >= 0.3 is 0 Å². The summed E-state index contributed by atoms with van der Waals surface area (Å²) < 4.78 is 22.2. The van der Waals surface area contributed by atoms with Crippen LogP contribution in [0.1, 0.15) is 19.3 Å². The lowest BCUT2D eigenvalue weighted by molar-refractivity contribution is 0.0838. The first-order valence-corrected chi connectivity index (χ1v) is 7.00. The van der Waals surface area contributed by atoms with E-state index in [4.69, 9.17) is 21.1 Å². The van der Waals surface area contributed by atoms with Crippen LogP contribution in [0, 0.1) is 0 Å². The monoisotopic (exact) mass is 298 g/mol. The minimum Gasteiger partial charge on any atom is -0.466 e. The van der Waals surface area contributed by atoms with Gasteiger partial charge in [-0.25, -0.2) is 4.39 Å². The first-order chi connectivity index (χ1) is 9.62. The third-order valence-corrected chi connectivity index (χ3v) is 3.22. The topological polar surface area (TPSA) is 18.5 Å². The predicted molar refractivity (Wildman–Crippen MR) is 81.1 cm³/mol. The van der Waals surface area contributed by atoms with Crippen molar-refractivity contribution in [2.45, 2.75) is 25.4 Å². The van der Waals surface area contributed by atoms with E-state index in [9.17, 15) is 4.39 Å². The van der Waals surface area contributed by atoms with Crippen molar-refractivity contribution < 1.29 is 13.9 Å². The van der Waals surface area contributed by atoms with Crippen LogP contribution < -0.4 is 0 Å². The molecule has 0 radical (unpaired) electrons. The van der Waals surface area contributed by atoms with Gasteiger partial charge in [-0.1, -0.05) is 19.7 Å². The highest BCUT2D eigenvalue weighted by Gasteiger charge is 2.32. The van der Waals surface area contributed by atoms with E-state index in [-0.39, 0.29) is 6.10 Å².